The molecule has 0 bridgehead atoms. The molecule has 24 heavy (non-hydrogen) atoms. The standard InChI is InChI=1S/C22H40N2/c1-6-10-12-20(9-4)18-23-19(5)22(11-7-2)21-13-16-24(15-8-3)17-14-21/h7,11,20-21,23H,2,5-6,8-10,12-18H2,1,3-4H3/b22-11-. The molecule has 2 heteroatoms. The Balaban J connectivity index is 2.54. The Morgan fingerprint density at radius 1 is 1.21 bits per heavy atom. The molecule has 1 N–H and O–H groups in total. The van der Waals surface area contributed by atoms with E-state index < -0.39 is 0 Å². The molecular weight excluding hydrogens is 292 g/mol. The lowest BCUT2D eigenvalue weighted by Crippen LogP contribution is -2.35. The third-order valence-electron chi connectivity index (χ3n) is 5.36. The Morgan fingerprint density at radius 3 is 2.46 bits per heavy atom. The Bertz CT molecular complexity index is 389. The molecule has 0 saturated carbocycles. The smallest absolute Gasteiger partial charge is 0.0302 e. The molecule has 1 aliphatic rings. The molecule has 1 atom stereocenters. The van der Waals surface area contributed by atoms with E-state index >= 15 is 0 Å². The molecule has 0 spiro atoms. The van der Waals surface area contributed by atoms with Crippen LogP contribution in [0.15, 0.2) is 36.6 Å². The highest BCUT2D eigenvalue weighted by Gasteiger charge is 2.23. The van der Waals surface area contributed by atoms with E-state index in [1.807, 2.05) is 6.08 Å². The van der Waals surface area contributed by atoms with E-state index in [0.717, 1.165) is 18.2 Å². The molecule has 0 aromatic heterocycles. The Morgan fingerprint density at radius 2 is 1.92 bits per heavy atom. The average Bonchev–Trinajstić information content (AvgIpc) is 2.61. The van der Waals surface area contributed by atoms with Crippen LogP contribution < -0.4 is 5.32 Å². The molecule has 1 fully saturated rings. The maximum Gasteiger partial charge on any atom is 0.0302 e. The van der Waals surface area contributed by atoms with Crippen molar-refractivity contribution in [1.82, 2.24) is 10.2 Å². The predicted molar refractivity (Wildman–Crippen MR) is 108 cm³/mol. The maximum atomic E-state index is 4.35. The maximum absolute atomic E-state index is 4.35. The van der Waals surface area contributed by atoms with Crippen molar-refractivity contribution < 1.29 is 0 Å². The van der Waals surface area contributed by atoms with E-state index in [2.05, 4.69) is 50.2 Å². The molecule has 1 unspecified atom stereocenters. The zero-order valence-electron chi connectivity index (χ0n) is 16.4. The van der Waals surface area contributed by atoms with Crippen molar-refractivity contribution in [2.24, 2.45) is 11.8 Å². The van der Waals surface area contributed by atoms with Crippen molar-refractivity contribution in [2.75, 3.05) is 26.2 Å². The first-order chi connectivity index (χ1) is 11.7. The molecule has 0 amide bonds. The van der Waals surface area contributed by atoms with Crippen molar-refractivity contribution >= 4 is 0 Å². The number of allylic oxidation sites excluding steroid dienone is 3. The summed E-state index contributed by atoms with van der Waals surface area (Å²) in [5.74, 6) is 1.39. The predicted octanol–water partition coefficient (Wildman–Crippen LogP) is 5.54. The van der Waals surface area contributed by atoms with Gasteiger partial charge in [0, 0.05) is 12.2 Å². The lowest BCUT2D eigenvalue weighted by molar-refractivity contribution is 0.199. The van der Waals surface area contributed by atoms with Gasteiger partial charge in [-0.3, -0.25) is 0 Å². The molecule has 0 aliphatic carbocycles. The highest BCUT2D eigenvalue weighted by Crippen LogP contribution is 2.28. The summed E-state index contributed by atoms with van der Waals surface area (Å²) < 4.78 is 0. The third-order valence-corrected chi connectivity index (χ3v) is 5.36. The lowest BCUT2D eigenvalue weighted by atomic mass is 9.87. The van der Waals surface area contributed by atoms with Gasteiger partial charge in [-0.25, -0.2) is 0 Å². The van der Waals surface area contributed by atoms with Gasteiger partial charge < -0.3 is 10.2 Å². The van der Waals surface area contributed by atoms with E-state index in [9.17, 15) is 0 Å². The Kier molecular flexibility index (Phi) is 10.8. The Labute approximate surface area is 151 Å². The topological polar surface area (TPSA) is 15.3 Å². The van der Waals surface area contributed by atoms with E-state index in [1.54, 1.807) is 0 Å². The minimum Gasteiger partial charge on any atom is -0.385 e. The zero-order chi connectivity index (χ0) is 17.8. The number of rotatable bonds is 12. The van der Waals surface area contributed by atoms with Crippen LogP contribution in [0.3, 0.4) is 0 Å². The van der Waals surface area contributed by atoms with Crippen LogP contribution in [0.25, 0.3) is 0 Å². The molecule has 2 nitrogen and oxygen atoms in total. The van der Waals surface area contributed by atoms with Crippen molar-refractivity contribution in [2.45, 2.75) is 65.7 Å². The summed E-state index contributed by atoms with van der Waals surface area (Å²) in [4.78, 5) is 2.59. The largest absolute Gasteiger partial charge is 0.385 e. The van der Waals surface area contributed by atoms with Crippen LogP contribution in [-0.4, -0.2) is 31.1 Å². The zero-order valence-corrected chi connectivity index (χ0v) is 16.4. The first-order valence-electron chi connectivity index (χ1n) is 10.1. The molecule has 1 rings (SSSR count). The second kappa shape index (κ2) is 12.4. The fourth-order valence-corrected chi connectivity index (χ4v) is 3.71. The molecule has 1 saturated heterocycles. The second-order valence-corrected chi connectivity index (χ2v) is 7.25. The molecule has 0 aromatic carbocycles. The first-order valence-corrected chi connectivity index (χ1v) is 10.1. The van der Waals surface area contributed by atoms with Gasteiger partial charge in [-0.1, -0.05) is 65.3 Å². The Hall–Kier alpha value is -1.02. The number of nitrogens with one attached hydrogen (secondary N) is 1. The van der Waals surface area contributed by atoms with E-state index in [1.165, 1.54) is 70.2 Å². The van der Waals surface area contributed by atoms with Crippen LogP contribution in [0, 0.1) is 11.8 Å². The van der Waals surface area contributed by atoms with Gasteiger partial charge in [0.1, 0.15) is 0 Å². The van der Waals surface area contributed by atoms with Crippen molar-refractivity contribution in [3.05, 3.63) is 36.6 Å². The van der Waals surface area contributed by atoms with Crippen LogP contribution in [-0.2, 0) is 0 Å². The highest BCUT2D eigenvalue weighted by molar-refractivity contribution is 5.32. The van der Waals surface area contributed by atoms with Crippen LogP contribution >= 0.6 is 0 Å². The minimum atomic E-state index is 0.631. The van der Waals surface area contributed by atoms with Crippen LogP contribution in [0.4, 0.5) is 0 Å². The molecule has 0 aromatic rings. The lowest BCUT2D eigenvalue weighted by Gasteiger charge is -2.34. The highest BCUT2D eigenvalue weighted by atomic mass is 15.1. The summed E-state index contributed by atoms with van der Waals surface area (Å²) in [5, 5.41) is 3.64. The quantitative estimate of drug-likeness (QED) is 0.472. The number of hydrogen-bond acceptors (Lipinski definition) is 2. The molecule has 1 heterocycles. The number of unbranched alkanes of at least 4 members (excludes halogenated alkanes) is 1. The summed E-state index contributed by atoms with van der Waals surface area (Å²) in [5.41, 5.74) is 2.50. The van der Waals surface area contributed by atoms with Crippen molar-refractivity contribution in [3.8, 4) is 0 Å². The fraction of sp³-hybridized carbons (Fsp3) is 0.727. The fourth-order valence-electron chi connectivity index (χ4n) is 3.71. The minimum absolute atomic E-state index is 0.631. The van der Waals surface area contributed by atoms with Gasteiger partial charge in [-0.15, -0.1) is 0 Å². The van der Waals surface area contributed by atoms with E-state index in [0.29, 0.717) is 5.92 Å². The third kappa shape index (κ3) is 7.25. The summed E-state index contributed by atoms with van der Waals surface area (Å²) in [6.45, 7) is 19.8. The summed E-state index contributed by atoms with van der Waals surface area (Å²) >= 11 is 0. The normalized spacial score (nSPS) is 18.4. The number of piperidine rings is 1. The summed E-state index contributed by atoms with van der Waals surface area (Å²) in [6, 6.07) is 0. The molecule has 1 aliphatic heterocycles. The van der Waals surface area contributed by atoms with Crippen molar-refractivity contribution in [1.29, 1.82) is 0 Å². The first kappa shape index (κ1) is 21.0. The molecular formula is C22H40N2. The molecule has 0 radical (unpaired) electrons. The second-order valence-electron chi connectivity index (χ2n) is 7.25. The number of hydrogen-bond donors (Lipinski definition) is 1. The summed E-state index contributed by atoms with van der Waals surface area (Å²) in [7, 11) is 0. The van der Waals surface area contributed by atoms with Gasteiger partial charge >= 0.3 is 0 Å². The van der Waals surface area contributed by atoms with Crippen LogP contribution in [0.5, 0.6) is 0 Å². The van der Waals surface area contributed by atoms with E-state index in [-0.39, 0.29) is 0 Å². The molecule has 138 valence electrons. The SMILES string of the molecule is C=C/C=C(/C(=C)NCC(CC)CCCC)C1CCN(CCC)CC1. The van der Waals surface area contributed by atoms with E-state index in [4.69, 9.17) is 0 Å². The van der Waals surface area contributed by atoms with Gasteiger partial charge in [0.2, 0.25) is 0 Å². The van der Waals surface area contributed by atoms with Gasteiger partial charge in [-0.2, -0.15) is 0 Å². The average molecular weight is 333 g/mol. The van der Waals surface area contributed by atoms with Gasteiger partial charge in [0.15, 0.2) is 0 Å². The van der Waals surface area contributed by atoms with Gasteiger partial charge in [0.05, 0.1) is 0 Å². The van der Waals surface area contributed by atoms with Gasteiger partial charge in [-0.05, 0) is 62.7 Å². The monoisotopic (exact) mass is 332 g/mol. The van der Waals surface area contributed by atoms with Gasteiger partial charge in [0.25, 0.3) is 0 Å². The summed E-state index contributed by atoms with van der Waals surface area (Å²) in [6.07, 6.45) is 13.0. The number of nitrogens with zero attached hydrogens (tertiary/aromatic N) is 1. The van der Waals surface area contributed by atoms with Crippen LogP contribution in [0.2, 0.25) is 0 Å². The van der Waals surface area contributed by atoms with Crippen LogP contribution in [0.1, 0.15) is 65.7 Å². The van der Waals surface area contributed by atoms with Crippen molar-refractivity contribution in [3.63, 3.8) is 0 Å². The number of likely N-dealkylation sites (tertiary alicyclic amines) is 1.